The van der Waals surface area contributed by atoms with E-state index in [1.165, 1.54) is 11.1 Å². The van der Waals surface area contributed by atoms with Gasteiger partial charge in [-0.3, -0.25) is 0 Å². The lowest BCUT2D eigenvalue weighted by molar-refractivity contribution is -0.147. The van der Waals surface area contributed by atoms with Gasteiger partial charge in [-0.2, -0.15) is 0 Å². The number of benzene rings is 2. The first-order chi connectivity index (χ1) is 12.5. The molecule has 3 unspecified atom stereocenters. The third-order valence-electron chi connectivity index (χ3n) is 6.81. The first-order valence-corrected chi connectivity index (χ1v) is 9.78. The van der Waals surface area contributed by atoms with Crippen LogP contribution in [-0.2, 0) is 17.4 Å². The fraction of sp³-hybridized carbons (Fsp3) is 0.478. The van der Waals surface area contributed by atoms with Crippen molar-refractivity contribution in [1.29, 1.82) is 0 Å². The molecular weight excluding hydrogens is 324 g/mol. The first kappa shape index (κ1) is 17.6. The summed E-state index contributed by atoms with van der Waals surface area (Å²) in [6.45, 7) is 2.19. The van der Waals surface area contributed by atoms with Crippen molar-refractivity contribution in [2.24, 2.45) is 5.92 Å². The molecule has 138 valence electrons. The van der Waals surface area contributed by atoms with Gasteiger partial charge in [0.2, 0.25) is 0 Å². The van der Waals surface area contributed by atoms with E-state index in [0.29, 0.717) is 24.5 Å². The van der Waals surface area contributed by atoms with Crippen molar-refractivity contribution < 1.29 is 15.3 Å². The topological polar surface area (TPSA) is 60.7 Å². The Kier molecular flexibility index (Phi) is 4.32. The highest BCUT2D eigenvalue weighted by Crippen LogP contribution is 2.57. The number of rotatable bonds is 3. The van der Waals surface area contributed by atoms with E-state index in [-0.39, 0.29) is 5.41 Å². The Balaban J connectivity index is 1.78. The summed E-state index contributed by atoms with van der Waals surface area (Å²) < 4.78 is 0. The van der Waals surface area contributed by atoms with Crippen LogP contribution in [-0.4, -0.2) is 21.4 Å². The maximum atomic E-state index is 11.4. The van der Waals surface area contributed by atoms with Crippen LogP contribution in [0.5, 0.6) is 5.75 Å². The Morgan fingerprint density at radius 3 is 2.58 bits per heavy atom. The minimum atomic E-state index is -1.18. The van der Waals surface area contributed by atoms with Crippen molar-refractivity contribution in [2.75, 3.05) is 0 Å². The highest BCUT2D eigenvalue weighted by Gasteiger charge is 2.55. The summed E-state index contributed by atoms with van der Waals surface area (Å²) in [6.07, 6.45) is 4.28. The highest BCUT2D eigenvalue weighted by atomic mass is 16.3. The summed E-state index contributed by atoms with van der Waals surface area (Å²) in [6, 6.07) is 15.3. The summed E-state index contributed by atoms with van der Waals surface area (Å²) >= 11 is 0. The minimum Gasteiger partial charge on any atom is -0.508 e. The molecule has 2 aliphatic rings. The number of aliphatic hydroxyl groups is 2. The summed E-state index contributed by atoms with van der Waals surface area (Å²) in [4.78, 5) is 0. The lowest BCUT2D eigenvalue weighted by Gasteiger charge is -2.55. The van der Waals surface area contributed by atoms with Crippen LogP contribution >= 0.6 is 0 Å². The number of hydrogen-bond acceptors (Lipinski definition) is 3. The summed E-state index contributed by atoms with van der Waals surface area (Å²) in [5.41, 5.74) is 1.98. The Hall–Kier alpha value is -1.84. The Morgan fingerprint density at radius 2 is 1.85 bits per heavy atom. The predicted molar refractivity (Wildman–Crippen MR) is 102 cm³/mol. The lowest BCUT2D eigenvalue weighted by atomic mass is 9.51. The molecular formula is C23H28O3. The van der Waals surface area contributed by atoms with E-state index in [0.717, 1.165) is 31.2 Å². The van der Waals surface area contributed by atoms with Gasteiger partial charge in [-0.1, -0.05) is 49.7 Å². The molecule has 26 heavy (non-hydrogen) atoms. The van der Waals surface area contributed by atoms with Crippen molar-refractivity contribution in [3.63, 3.8) is 0 Å². The number of phenolic OH excluding ortho intramolecular Hbond substituents is 1. The van der Waals surface area contributed by atoms with Crippen molar-refractivity contribution in [2.45, 2.75) is 62.6 Å². The van der Waals surface area contributed by atoms with Crippen molar-refractivity contribution in [3.05, 3.63) is 65.2 Å². The molecule has 4 rings (SSSR count). The zero-order valence-electron chi connectivity index (χ0n) is 15.4. The third-order valence-corrected chi connectivity index (χ3v) is 6.81. The Labute approximate surface area is 155 Å². The maximum Gasteiger partial charge on any atom is 0.116 e. The lowest BCUT2D eigenvalue weighted by Crippen LogP contribution is -2.56. The molecule has 0 bridgehead atoms. The van der Waals surface area contributed by atoms with Gasteiger partial charge >= 0.3 is 0 Å². The van der Waals surface area contributed by atoms with Crippen LogP contribution in [0.1, 0.15) is 55.7 Å². The van der Waals surface area contributed by atoms with E-state index in [1.807, 2.05) is 42.5 Å². The Morgan fingerprint density at radius 1 is 1.08 bits per heavy atom. The van der Waals surface area contributed by atoms with Gasteiger partial charge in [0, 0.05) is 5.41 Å². The molecule has 1 saturated carbocycles. The van der Waals surface area contributed by atoms with Gasteiger partial charge < -0.3 is 15.3 Å². The molecule has 2 aromatic rings. The zero-order valence-corrected chi connectivity index (χ0v) is 15.4. The zero-order chi connectivity index (χ0) is 18.4. The number of phenols is 1. The fourth-order valence-electron chi connectivity index (χ4n) is 5.62. The van der Waals surface area contributed by atoms with Crippen molar-refractivity contribution in [1.82, 2.24) is 0 Å². The maximum absolute atomic E-state index is 11.4. The second-order valence-corrected chi connectivity index (χ2v) is 8.20. The number of aliphatic hydroxyl groups excluding tert-OH is 1. The molecule has 2 aromatic carbocycles. The molecule has 0 amide bonds. The van der Waals surface area contributed by atoms with Crippen molar-refractivity contribution >= 4 is 0 Å². The van der Waals surface area contributed by atoms with Gasteiger partial charge in [0.1, 0.15) is 11.4 Å². The third kappa shape index (κ3) is 2.57. The van der Waals surface area contributed by atoms with Crippen LogP contribution in [0.15, 0.2) is 48.5 Å². The van der Waals surface area contributed by atoms with Gasteiger partial charge in [-0.15, -0.1) is 0 Å². The van der Waals surface area contributed by atoms with E-state index < -0.39 is 11.7 Å². The molecule has 0 radical (unpaired) electrons. The second-order valence-electron chi connectivity index (χ2n) is 8.20. The van der Waals surface area contributed by atoms with Gasteiger partial charge in [-0.25, -0.2) is 0 Å². The standard InChI is InChI=1S/C23H28O3/c1-2-12-22-15-21(25)23(26,17-6-4-3-5-7-17)14-18(22)9-8-16-13-19(24)10-11-20(16)22/h3-7,10-11,13,18,21,24-26H,2,8-9,12,14-15H2,1H3/t18-,21?,22?,23?/m1/s1. The average Bonchev–Trinajstić information content (AvgIpc) is 2.64. The van der Waals surface area contributed by atoms with Crippen LogP contribution in [0.2, 0.25) is 0 Å². The minimum absolute atomic E-state index is 0.115. The number of aryl methyl sites for hydroxylation is 1. The quantitative estimate of drug-likeness (QED) is 0.781. The fourth-order valence-corrected chi connectivity index (χ4v) is 5.62. The molecule has 2 aliphatic carbocycles. The normalized spacial score (nSPS) is 33.3. The number of hydrogen-bond donors (Lipinski definition) is 3. The van der Waals surface area contributed by atoms with Crippen LogP contribution in [0.4, 0.5) is 0 Å². The average molecular weight is 352 g/mol. The number of aromatic hydroxyl groups is 1. The highest BCUT2D eigenvalue weighted by molar-refractivity contribution is 5.44. The first-order valence-electron chi connectivity index (χ1n) is 9.78. The molecule has 0 aromatic heterocycles. The largest absolute Gasteiger partial charge is 0.508 e. The van der Waals surface area contributed by atoms with E-state index >= 15 is 0 Å². The SMILES string of the molecule is CCCC12CC(O)C(O)(c3ccccc3)C[C@H]1CCc1cc(O)ccc12. The van der Waals surface area contributed by atoms with Crippen LogP contribution in [0.3, 0.4) is 0 Å². The van der Waals surface area contributed by atoms with Crippen LogP contribution in [0.25, 0.3) is 0 Å². The molecule has 0 spiro atoms. The molecule has 0 heterocycles. The van der Waals surface area contributed by atoms with Gasteiger partial charge in [0.15, 0.2) is 0 Å². The van der Waals surface area contributed by atoms with Gasteiger partial charge in [-0.05, 0) is 66.8 Å². The van der Waals surface area contributed by atoms with Crippen LogP contribution < -0.4 is 0 Å². The van der Waals surface area contributed by atoms with Gasteiger partial charge in [0.05, 0.1) is 6.10 Å². The summed E-state index contributed by atoms with van der Waals surface area (Å²) in [5.74, 6) is 0.638. The molecule has 4 atom stereocenters. The van der Waals surface area contributed by atoms with E-state index in [2.05, 4.69) is 6.92 Å². The summed E-state index contributed by atoms with van der Waals surface area (Å²) in [7, 11) is 0. The molecule has 3 nitrogen and oxygen atoms in total. The molecule has 0 aliphatic heterocycles. The van der Waals surface area contributed by atoms with E-state index in [9.17, 15) is 15.3 Å². The molecule has 3 N–H and O–H groups in total. The van der Waals surface area contributed by atoms with Crippen LogP contribution in [0, 0.1) is 5.92 Å². The van der Waals surface area contributed by atoms with Crippen molar-refractivity contribution in [3.8, 4) is 5.75 Å². The monoisotopic (exact) mass is 352 g/mol. The predicted octanol–water partition coefficient (Wildman–Crippen LogP) is 4.04. The smallest absolute Gasteiger partial charge is 0.116 e. The molecule has 1 fully saturated rings. The Bertz CT molecular complexity index is 787. The van der Waals surface area contributed by atoms with Gasteiger partial charge in [0.25, 0.3) is 0 Å². The molecule has 0 saturated heterocycles. The molecule has 3 heteroatoms. The summed E-state index contributed by atoms with van der Waals surface area (Å²) in [5, 5.41) is 32.4. The van der Waals surface area contributed by atoms with E-state index in [1.54, 1.807) is 6.07 Å². The van der Waals surface area contributed by atoms with E-state index in [4.69, 9.17) is 0 Å². The second kappa shape index (κ2) is 6.40. The number of fused-ring (bicyclic) bond motifs is 3.